The molecule has 0 amide bonds. The van der Waals surface area contributed by atoms with E-state index >= 15 is 0 Å². The summed E-state index contributed by atoms with van der Waals surface area (Å²) in [6.07, 6.45) is 1.08. The van der Waals surface area contributed by atoms with Crippen molar-refractivity contribution in [1.29, 1.82) is 0 Å². The van der Waals surface area contributed by atoms with Crippen molar-refractivity contribution in [3.63, 3.8) is 0 Å². The van der Waals surface area contributed by atoms with E-state index in [0.29, 0.717) is 34.4 Å². The van der Waals surface area contributed by atoms with Gasteiger partial charge in [-0.05, 0) is 74.8 Å². The molecule has 18 heteroatoms. The Morgan fingerprint density at radius 3 is 2.39 bits per heavy atom. The van der Waals surface area contributed by atoms with Crippen molar-refractivity contribution in [2.45, 2.75) is 63.7 Å². The summed E-state index contributed by atoms with van der Waals surface area (Å²) in [6.45, 7) is 3.86. The van der Waals surface area contributed by atoms with Crippen LogP contribution < -0.4 is 15.4 Å². The van der Waals surface area contributed by atoms with Gasteiger partial charge >= 0.3 is 13.8 Å². The van der Waals surface area contributed by atoms with E-state index in [1.165, 1.54) is 7.11 Å². The number of aromatic hydroxyl groups is 1. The fourth-order valence-corrected chi connectivity index (χ4v) is 8.28. The normalized spacial score (nSPS) is 16.8. The molecule has 5 aromatic rings. The Bertz CT molecular complexity index is 2020. The molecule has 0 spiro atoms. The Balaban J connectivity index is 1.29. The number of benzene rings is 2. The van der Waals surface area contributed by atoms with E-state index in [-0.39, 0.29) is 48.7 Å². The number of ether oxygens (including phenoxy) is 1. The number of rotatable bonds is 13. The van der Waals surface area contributed by atoms with Crippen molar-refractivity contribution < 1.29 is 36.6 Å². The largest absolute Gasteiger partial charge is 0.495 e. The third-order valence-electron chi connectivity index (χ3n) is 8.94. The van der Waals surface area contributed by atoms with Crippen LogP contribution in [0.1, 0.15) is 73.9 Å². The average Bonchev–Trinajstić information content (AvgIpc) is 3.74. The van der Waals surface area contributed by atoms with E-state index < -0.39 is 25.2 Å². The first-order valence-electron chi connectivity index (χ1n) is 16.5. The predicted molar refractivity (Wildman–Crippen MR) is 184 cm³/mol. The molecule has 0 bridgehead atoms. The van der Waals surface area contributed by atoms with Crippen molar-refractivity contribution in [3.8, 4) is 11.6 Å². The Kier molecular flexibility index (Phi) is 10.5. The summed E-state index contributed by atoms with van der Waals surface area (Å²) in [6, 6.07) is 8.48. The number of alkyl halides is 3. The number of aryl methyl sites for hydroxylation is 1. The second kappa shape index (κ2) is 14.9. The lowest BCUT2D eigenvalue weighted by Gasteiger charge is -2.27. The van der Waals surface area contributed by atoms with E-state index in [4.69, 9.17) is 13.8 Å². The Morgan fingerprint density at radius 2 is 1.75 bits per heavy atom. The minimum absolute atomic E-state index is 0.00269. The molecule has 51 heavy (non-hydrogen) atoms. The molecule has 2 aromatic carbocycles. The van der Waals surface area contributed by atoms with Gasteiger partial charge in [-0.3, -0.25) is 4.57 Å². The summed E-state index contributed by atoms with van der Waals surface area (Å²) in [5.41, 5.74) is 1.11. The number of halogens is 3. The highest BCUT2D eigenvalue weighted by Gasteiger charge is 2.36. The lowest BCUT2D eigenvalue weighted by Crippen LogP contribution is -2.14. The molecule has 1 aliphatic carbocycles. The van der Waals surface area contributed by atoms with Gasteiger partial charge in [-0.1, -0.05) is 17.3 Å². The predicted octanol–water partition coefficient (Wildman–Crippen LogP) is 7.91. The fourth-order valence-electron chi connectivity index (χ4n) is 6.59. The van der Waals surface area contributed by atoms with Crippen molar-refractivity contribution in [2.75, 3.05) is 31.0 Å². The van der Waals surface area contributed by atoms with Crippen LogP contribution in [-0.2, 0) is 33.0 Å². The molecule has 1 fully saturated rings. The third-order valence-corrected chi connectivity index (χ3v) is 11.0. The number of hydrogen-bond acceptors (Lipinski definition) is 12. The van der Waals surface area contributed by atoms with Gasteiger partial charge in [0.1, 0.15) is 17.1 Å². The summed E-state index contributed by atoms with van der Waals surface area (Å²) in [5, 5.41) is 32.4. The number of H-pyrrole nitrogens is 1. The molecular formula is C33H39F3N9O5P. The molecule has 1 saturated carbocycles. The van der Waals surface area contributed by atoms with Crippen molar-refractivity contribution >= 4 is 41.5 Å². The zero-order chi connectivity index (χ0) is 36.3. The molecule has 3 aromatic heterocycles. The molecule has 14 nitrogen and oxygen atoms in total. The van der Waals surface area contributed by atoms with Crippen LogP contribution in [0.3, 0.4) is 0 Å². The van der Waals surface area contributed by atoms with Crippen molar-refractivity contribution in [3.05, 3.63) is 65.2 Å². The van der Waals surface area contributed by atoms with Crippen LogP contribution in [0.5, 0.6) is 11.6 Å². The van der Waals surface area contributed by atoms with E-state index in [2.05, 4.69) is 41.2 Å². The molecule has 4 N–H and O–H groups in total. The lowest BCUT2D eigenvalue weighted by molar-refractivity contribution is -0.137. The summed E-state index contributed by atoms with van der Waals surface area (Å²) < 4.78 is 73.8. The number of nitrogens with zero attached hydrogens (tertiary/aromatic N) is 6. The molecular weight excluding hydrogens is 690 g/mol. The van der Waals surface area contributed by atoms with Gasteiger partial charge in [0.2, 0.25) is 11.8 Å². The molecule has 0 atom stereocenters. The van der Waals surface area contributed by atoms with Gasteiger partial charge in [0.25, 0.3) is 0 Å². The topological polar surface area (TPSA) is 174 Å². The van der Waals surface area contributed by atoms with E-state index in [1.54, 1.807) is 55.9 Å². The van der Waals surface area contributed by atoms with E-state index in [1.807, 2.05) is 6.07 Å². The Hall–Kier alpha value is -4.73. The average molecular weight is 730 g/mol. The van der Waals surface area contributed by atoms with Gasteiger partial charge in [0.15, 0.2) is 5.82 Å². The quantitative estimate of drug-likeness (QED) is 0.0864. The van der Waals surface area contributed by atoms with Crippen LogP contribution in [-0.4, -0.2) is 60.6 Å². The SMILES string of the molecule is CCOP(=O)(Cc1ccc(Nc2ncc(C(F)(F)F)c(Nc3ccc(C4CCC(c5nn[nH]n5)CC4)c4cn(C)c(O)c34)n2)c(OC)c1)OCC. The molecule has 272 valence electrons. The van der Waals surface area contributed by atoms with Crippen LogP contribution in [0.4, 0.5) is 36.3 Å². The number of aromatic nitrogens is 7. The highest BCUT2D eigenvalue weighted by molar-refractivity contribution is 7.53. The molecule has 6 rings (SSSR count). The van der Waals surface area contributed by atoms with Crippen LogP contribution >= 0.6 is 7.60 Å². The number of nitrogens with one attached hydrogen (secondary N) is 3. The molecule has 0 aliphatic heterocycles. The number of methoxy groups -OCH3 is 1. The second-order valence-electron chi connectivity index (χ2n) is 12.2. The molecule has 1 aliphatic rings. The number of fused-ring (bicyclic) bond motifs is 1. The zero-order valence-corrected chi connectivity index (χ0v) is 29.4. The van der Waals surface area contributed by atoms with Gasteiger partial charge in [-0.15, -0.1) is 10.2 Å². The number of hydrogen-bond donors (Lipinski definition) is 4. The maximum Gasteiger partial charge on any atom is 0.421 e. The van der Waals surface area contributed by atoms with Crippen LogP contribution in [0.2, 0.25) is 0 Å². The Morgan fingerprint density at radius 1 is 1.04 bits per heavy atom. The highest BCUT2D eigenvalue weighted by Crippen LogP contribution is 2.52. The highest BCUT2D eigenvalue weighted by atomic mass is 31.2. The second-order valence-corrected chi connectivity index (χ2v) is 14.3. The first kappa shape index (κ1) is 36.1. The monoisotopic (exact) mass is 729 g/mol. The first-order valence-corrected chi connectivity index (χ1v) is 18.2. The smallest absolute Gasteiger partial charge is 0.421 e. The maximum absolute atomic E-state index is 14.3. The maximum atomic E-state index is 14.3. The van der Waals surface area contributed by atoms with Gasteiger partial charge < -0.3 is 34.1 Å². The molecule has 0 unspecified atom stereocenters. The van der Waals surface area contributed by atoms with Gasteiger partial charge in [-0.2, -0.15) is 23.4 Å². The van der Waals surface area contributed by atoms with Crippen LogP contribution in [0.25, 0.3) is 10.8 Å². The van der Waals surface area contributed by atoms with Gasteiger partial charge in [-0.25, -0.2) is 4.98 Å². The number of aromatic amines is 1. The van der Waals surface area contributed by atoms with Gasteiger partial charge in [0, 0.05) is 30.7 Å². The van der Waals surface area contributed by atoms with Crippen molar-refractivity contribution in [1.82, 2.24) is 35.2 Å². The Labute approximate surface area is 291 Å². The first-order chi connectivity index (χ1) is 24.4. The van der Waals surface area contributed by atoms with E-state index in [9.17, 15) is 22.8 Å². The summed E-state index contributed by atoms with van der Waals surface area (Å²) >= 11 is 0. The lowest BCUT2D eigenvalue weighted by atomic mass is 9.77. The summed E-state index contributed by atoms with van der Waals surface area (Å²) in [4.78, 5) is 8.16. The number of anilines is 4. The minimum Gasteiger partial charge on any atom is -0.495 e. The summed E-state index contributed by atoms with van der Waals surface area (Å²) in [5.74, 6) is 0.605. The molecule has 3 heterocycles. The van der Waals surface area contributed by atoms with Gasteiger partial charge in [0.05, 0.1) is 43.2 Å². The van der Waals surface area contributed by atoms with E-state index in [0.717, 1.165) is 36.6 Å². The zero-order valence-electron chi connectivity index (χ0n) is 28.5. The minimum atomic E-state index is -4.79. The molecule has 0 radical (unpaired) electrons. The van der Waals surface area contributed by atoms with Crippen LogP contribution in [0, 0.1) is 0 Å². The third kappa shape index (κ3) is 7.80. The standard InChI is InChI=1S/C33H39F3N9O5P/c1-5-49-51(47,50-6-2)18-19-7-13-25(27(15-19)48-4)39-32-37-16-24(33(34,35)36)30(40-32)38-26-14-12-22(23-17-45(3)31(46)28(23)26)20-8-10-21(11-9-20)29-41-43-44-42-29/h7,12-17,20-21,46H,5-6,8-11,18H2,1-4H3,(H2,37,38,39,40)(H,41,42,43,44). The van der Waals surface area contributed by atoms with Crippen LogP contribution in [0.15, 0.2) is 42.7 Å². The molecule has 0 saturated heterocycles. The summed E-state index contributed by atoms with van der Waals surface area (Å²) in [7, 11) is -0.298. The fraction of sp³-hybridized carbons (Fsp3) is 0.424. The number of tetrazole rings is 1. The van der Waals surface area contributed by atoms with Crippen molar-refractivity contribution in [2.24, 2.45) is 7.05 Å².